The van der Waals surface area contributed by atoms with Crippen molar-refractivity contribution >= 4 is 22.4 Å². The Morgan fingerprint density at radius 1 is 1.24 bits per heavy atom. The number of rotatable bonds is 3. The first kappa shape index (κ1) is 13.8. The Hall–Kier alpha value is -2.20. The summed E-state index contributed by atoms with van der Waals surface area (Å²) in [6.45, 7) is 2.56. The molecule has 0 aliphatic carbocycles. The van der Waals surface area contributed by atoms with E-state index in [4.69, 9.17) is 4.74 Å². The zero-order valence-corrected chi connectivity index (χ0v) is 12.0. The van der Waals surface area contributed by atoms with Crippen molar-refractivity contribution < 1.29 is 9.53 Å². The van der Waals surface area contributed by atoms with Crippen molar-refractivity contribution in [1.82, 2.24) is 5.43 Å². The third-order valence-corrected chi connectivity index (χ3v) is 3.74. The molecular weight excluding hydrogens is 264 g/mol. The van der Waals surface area contributed by atoms with Gasteiger partial charge in [-0.1, -0.05) is 42.5 Å². The molecule has 3 rings (SSSR count). The third kappa shape index (κ3) is 2.95. The topological polar surface area (TPSA) is 50.7 Å². The van der Waals surface area contributed by atoms with E-state index >= 15 is 0 Å². The molecule has 0 saturated carbocycles. The zero-order valence-electron chi connectivity index (χ0n) is 12.0. The van der Waals surface area contributed by atoms with Crippen molar-refractivity contribution in [2.24, 2.45) is 5.10 Å². The molecule has 0 spiro atoms. The monoisotopic (exact) mass is 282 g/mol. The minimum Gasteiger partial charge on any atom is -0.368 e. The fourth-order valence-corrected chi connectivity index (χ4v) is 2.60. The maximum absolute atomic E-state index is 11.9. The lowest BCUT2D eigenvalue weighted by molar-refractivity contribution is -0.130. The average molecular weight is 282 g/mol. The lowest BCUT2D eigenvalue weighted by atomic mass is 10.0. The summed E-state index contributed by atoms with van der Waals surface area (Å²) in [6, 6.07) is 14.2. The Bertz CT molecular complexity index is 683. The summed E-state index contributed by atoms with van der Waals surface area (Å²) in [4.78, 5) is 11.9. The minimum atomic E-state index is -0.353. The van der Waals surface area contributed by atoms with E-state index in [1.807, 2.05) is 31.2 Å². The molecule has 1 atom stereocenters. The number of nitrogens with zero attached hydrogens (tertiary/aromatic N) is 1. The van der Waals surface area contributed by atoms with Gasteiger partial charge >= 0.3 is 0 Å². The first-order chi connectivity index (χ1) is 10.3. The Kier molecular flexibility index (Phi) is 3.97. The second-order valence-electron chi connectivity index (χ2n) is 5.20. The minimum absolute atomic E-state index is 0.160. The van der Waals surface area contributed by atoms with Crippen LogP contribution in [0.3, 0.4) is 0 Å². The number of ether oxygens (including phenoxy) is 1. The highest BCUT2D eigenvalue weighted by Gasteiger charge is 2.23. The van der Waals surface area contributed by atoms with Crippen LogP contribution in [0.1, 0.15) is 25.3 Å². The van der Waals surface area contributed by atoms with Crippen molar-refractivity contribution in [1.29, 1.82) is 0 Å². The molecule has 1 unspecified atom stereocenters. The number of hydrogen-bond acceptors (Lipinski definition) is 3. The van der Waals surface area contributed by atoms with Gasteiger partial charge in [0.15, 0.2) is 0 Å². The van der Waals surface area contributed by atoms with E-state index in [0.717, 1.165) is 34.9 Å². The van der Waals surface area contributed by atoms with Crippen LogP contribution in [-0.2, 0) is 9.53 Å². The zero-order chi connectivity index (χ0) is 14.7. The van der Waals surface area contributed by atoms with E-state index in [1.54, 1.807) is 0 Å². The number of benzene rings is 2. The van der Waals surface area contributed by atoms with Gasteiger partial charge in [0.05, 0.1) is 5.71 Å². The third-order valence-electron chi connectivity index (χ3n) is 3.74. The number of amides is 1. The van der Waals surface area contributed by atoms with Crippen LogP contribution in [0.25, 0.3) is 10.8 Å². The second kappa shape index (κ2) is 6.06. The molecule has 1 heterocycles. The number of carbonyl (C=O) groups excluding carboxylic acids is 1. The summed E-state index contributed by atoms with van der Waals surface area (Å²) in [5.74, 6) is -0.160. The Balaban J connectivity index is 1.81. The van der Waals surface area contributed by atoms with Crippen molar-refractivity contribution in [2.75, 3.05) is 6.61 Å². The Labute approximate surface area is 123 Å². The molecule has 1 N–H and O–H groups in total. The maximum atomic E-state index is 11.9. The van der Waals surface area contributed by atoms with Crippen LogP contribution in [0.4, 0.5) is 0 Å². The highest BCUT2D eigenvalue weighted by Crippen LogP contribution is 2.19. The van der Waals surface area contributed by atoms with Crippen molar-refractivity contribution in [3.05, 3.63) is 48.0 Å². The van der Waals surface area contributed by atoms with E-state index in [1.165, 1.54) is 0 Å². The quantitative estimate of drug-likeness (QED) is 0.695. The molecule has 0 aromatic heterocycles. The number of nitrogens with one attached hydrogen (secondary N) is 1. The smallest absolute Gasteiger partial charge is 0.269 e. The lowest BCUT2D eigenvalue weighted by Crippen LogP contribution is -2.31. The summed E-state index contributed by atoms with van der Waals surface area (Å²) in [5.41, 5.74) is 4.43. The van der Waals surface area contributed by atoms with E-state index in [0.29, 0.717) is 6.61 Å². The van der Waals surface area contributed by atoms with Gasteiger partial charge in [-0.05, 0) is 30.5 Å². The van der Waals surface area contributed by atoms with Crippen LogP contribution in [-0.4, -0.2) is 24.3 Å². The van der Waals surface area contributed by atoms with Crippen LogP contribution >= 0.6 is 0 Å². The van der Waals surface area contributed by atoms with E-state index < -0.39 is 0 Å². The van der Waals surface area contributed by atoms with Gasteiger partial charge in [-0.25, -0.2) is 5.43 Å². The molecule has 4 nitrogen and oxygen atoms in total. The summed E-state index contributed by atoms with van der Waals surface area (Å²) >= 11 is 0. The predicted molar refractivity (Wildman–Crippen MR) is 83.3 cm³/mol. The number of hydrogen-bond donors (Lipinski definition) is 1. The SMILES string of the molecule is C/C(=N\NC(=O)C1CCCO1)c1cccc2ccccc12. The highest BCUT2D eigenvalue weighted by molar-refractivity contribution is 6.09. The number of fused-ring (bicyclic) bond motifs is 1. The summed E-state index contributed by atoms with van der Waals surface area (Å²) < 4.78 is 5.34. The van der Waals surface area contributed by atoms with Gasteiger partial charge in [0, 0.05) is 12.2 Å². The van der Waals surface area contributed by atoms with Gasteiger partial charge in [0.2, 0.25) is 0 Å². The van der Waals surface area contributed by atoms with Crippen LogP contribution in [0.15, 0.2) is 47.6 Å². The average Bonchev–Trinajstić information content (AvgIpc) is 3.06. The molecule has 1 saturated heterocycles. The molecule has 0 radical (unpaired) electrons. The van der Waals surface area contributed by atoms with Crippen LogP contribution in [0.2, 0.25) is 0 Å². The van der Waals surface area contributed by atoms with E-state index in [-0.39, 0.29) is 12.0 Å². The second-order valence-corrected chi connectivity index (χ2v) is 5.20. The molecule has 2 aromatic rings. The molecule has 1 aliphatic rings. The van der Waals surface area contributed by atoms with E-state index in [2.05, 4.69) is 28.7 Å². The molecule has 2 aromatic carbocycles. The molecule has 0 bridgehead atoms. The summed E-state index contributed by atoms with van der Waals surface area (Å²) in [5, 5.41) is 6.52. The fourth-order valence-electron chi connectivity index (χ4n) is 2.60. The standard InChI is InChI=1S/C17H18N2O2/c1-12(18-19-17(20)16-10-5-11-21-16)14-9-4-7-13-6-2-3-8-15(13)14/h2-4,6-9,16H,5,10-11H2,1H3,(H,19,20)/b18-12+. The summed E-state index contributed by atoms with van der Waals surface area (Å²) in [7, 11) is 0. The van der Waals surface area contributed by atoms with Gasteiger partial charge < -0.3 is 4.74 Å². The highest BCUT2D eigenvalue weighted by atomic mass is 16.5. The normalized spacial score (nSPS) is 18.9. The van der Waals surface area contributed by atoms with Gasteiger partial charge in [-0.2, -0.15) is 5.10 Å². The molecular formula is C17H18N2O2. The number of carbonyl (C=O) groups is 1. The van der Waals surface area contributed by atoms with Crippen molar-refractivity contribution in [3.8, 4) is 0 Å². The lowest BCUT2D eigenvalue weighted by Gasteiger charge is -2.09. The Morgan fingerprint density at radius 2 is 2.05 bits per heavy atom. The first-order valence-electron chi connectivity index (χ1n) is 7.19. The van der Waals surface area contributed by atoms with Crippen molar-refractivity contribution in [2.45, 2.75) is 25.9 Å². The van der Waals surface area contributed by atoms with Gasteiger partial charge in [0.25, 0.3) is 5.91 Å². The molecule has 4 heteroatoms. The Morgan fingerprint density at radius 3 is 2.86 bits per heavy atom. The first-order valence-corrected chi connectivity index (χ1v) is 7.19. The van der Waals surface area contributed by atoms with Crippen LogP contribution in [0.5, 0.6) is 0 Å². The molecule has 1 aliphatic heterocycles. The largest absolute Gasteiger partial charge is 0.368 e. The molecule has 1 amide bonds. The van der Waals surface area contributed by atoms with Gasteiger partial charge in [0.1, 0.15) is 6.10 Å². The molecule has 108 valence electrons. The van der Waals surface area contributed by atoms with Gasteiger partial charge in [-0.15, -0.1) is 0 Å². The van der Waals surface area contributed by atoms with Crippen LogP contribution < -0.4 is 5.43 Å². The molecule has 21 heavy (non-hydrogen) atoms. The van der Waals surface area contributed by atoms with Crippen molar-refractivity contribution in [3.63, 3.8) is 0 Å². The summed E-state index contributed by atoms with van der Waals surface area (Å²) in [6.07, 6.45) is 1.35. The van der Waals surface area contributed by atoms with Gasteiger partial charge in [-0.3, -0.25) is 4.79 Å². The molecule has 1 fully saturated rings. The predicted octanol–water partition coefficient (Wildman–Crippen LogP) is 2.86. The number of hydrazone groups is 1. The van der Waals surface area contributed by atoms with Crippen LogP contribution in [0, 0.1) is 0 Å². The maximum Gasteiger partial charge on any atom is 0.269 e. The fraction of sp³-hybridized carbons (Fsp3) is 0.294. The van der Waals surface area contributed by atoms with E-state index in [9.17, 15) is 4.79 Å².